The van der Waals surface area contributed by atoms with E-state index in [1.807, 2.05) is 6.92 Å². The molecule has 4 rings (SSSR count). The third kappa shape index (κ3) is 4.40. The summed E-state index contributed by atoms with van der Waals surface area (Å²) in [6.07, 6.45) is 3.45. The highest BCUT2D eigenvalue weighted by Crippen LogP contribution is 2.33. The molecular weight excluding hydrogens is 372 g/mol. The van der Waals surface area contributed by atoms with Gasteiger partial charge in [-0.15, -0.1) is 5.10 Å². The predicted molar refractivity (Wildman–Crippen MR) is 107 cm³/mol. The normalized spacial score (nSPS) is 21.7. The first kappa shape index (κ1) is 19.8. The fourth-order valence-electron chi connectivity index (χ4n) is 4.01. The Bertz CT molecular complexity index is 822. The van der Waals surface area contributed by atoms with Gasteiger partial charge in [0.25, 0.3) is 5.91 Å². The van der Waals surface area contributed by atoms with Crippen LogP contribution in [-0.4, -0.2) is 65.3 Å². The number of rotatable bonds is 5. The molecule has 0 aromatic carbocycles. The van der Waals surface area contributed by atoms with Crippen molar-refractivity contribution in [2.24, 2.45) is 0 Å². The monoisotopic (exact) mass is 400 g/mol. The molecule has 0 saturated carbocycles. The molecule has 2 N–H and O–H groups in total. The molecule has 0 bridgehead atoms. The third-order valence-corrected chi connectivity index (χ3v) is 5.67. The number of aromatic nitrogens is 4. The standard InChI is InChI=1S/C20H28N6O3/c1-13-12-29-10-7-26(13)18-11-16(15-4-8-28-9-5-15)19(25-24-18)14(2)22-20(27)17-3-6-21-23-17/h3,6,11,13-15H,4-5,7-10,12H2,1-2H3,(H,21,23)(H,22,27). The summed E-state index contributed by atoms with van der Waals surface area (Å²) in [7, 11) is 0. The molecule has 9 nitrogen and oxygen atoms in total. The number of nitrogens with zero attached hydrogens (tertiary/aromatic N) is 4. The number of aromatic amines is 1. The Kier molecular flexibility index (Phi) is 6.05. The number of carbonyl (C=O) groups is 1. The Labute approximate surface area is 170 Å². The van der Waals surface area contributed by atoms with Gasteiger partial charge in [0.05, 0.1) is 31.0 Å². The van der Waals surface area contributed by atoms with Crippen LogP contribution in [0.25, 0.3) is 0 Å². The van der Waals surface area contributed by atoms with Gasteiger partial charge in [-0.2, -0.15) is 10.2 Å². The molecular formula is C20H28N6O3. The fourth-order valence-corrected chi connectivity index (χ4v) is 4.01. The second-order valence-corrected chi connectivity index (χ2v) is 7.71. The van der Waals surface area contributed by atoms with Crippen LogP contribution in [0.2, 0.25) is 0 Å². The summed E-state index contributed by atoms with van der Waals surface area (Å²) < 4.78 is 11.1. The molecule has 9 heteroatoms. The lowest BCUT2D eigenvalue weighted by atomic mass is 9.89. The van der Waals surface area contributed by atoms with E-state index < -0.39 is 0 Å². The minimum atomic E-state index is -0.271. The highest BCUT2D eigenvalue weighted by Gasteiger charge is 2.27. The Balaban J connectivity index is 1.61. The van der Waals surface area contributed by atoms with Crippen molar-refractivity contribution < 1.29 is 14.3 Å². The molecule has 4 heterocycles. The zero-order valence-electron chi connectivity index (χ0n) is 16.9. The summed E-state index contributed by atoms with van der Waals surface area (Å²) in [5.74, 6) is 1.01. The number of hydrogen-bond acceptors (Lipinski definition) is 7. The Morgan fingerprint density at radius 3 is 2.83 bits per heavy atom. The maximum Gasteiger partial charge on any atom is 0.269 e. The molecule has 2 aliphatic heterocycles. The first-order valence-corrected chi connectivity index (χ1v) is 10.2. The second-order valence-electron chi connectivity index (χ2n) is 7.71. The van der Waals surface area contributed by atoms with Crippen molar-refractivity contribution in [3.8, 4) is 0 Å². The highest BCUT2D eigenvalue weighted by atomic mass is 16.5. The Morgan fingerprint density at radius 2 is 2.10 bits per heavy atom. The summed E-state index contributed by atoms with van der Waals surface area (Å²) in [6, 6.07) is 3.78. The molecule has 0 radical (unpaired) electrons. The molecule has 0 aliphatic carbocycles. The van der Waals surface area contributed by atoms with E-state index in [2.05, 4.69) is 43.6 Å². The molecule has 0 spiro atoms. The Morgan fingerprint density at radius 1 is 1.28 bits per heavy atom. The SMILES string of the molecule is CC(NC(=O)c1ccn[nH]1)c1nnc(N2CCOCC2C)cc1C1CCOCC1. The average molecular weight is 400 g/mol. The van der Waals surface area contributed by atoms with Crippen LogP contribution in [0.5, 0.6) is 0 Å². The quantitative estimate of drug-likeness (QED) is 0.788. The lowest BCUT2D eigenvalue weighted by Crippen LogP contribution is -2.44. The fraction of sp³-hybridized carbons (Fsp3) is 0.600. The van der Waals surface area contributed by atoms with Crippen molar-refractivity contribution in [2.75, 3.05) is 37.9 Å². The van der Waals surface area contributed by atoms with Crippen LogP contribution >= 0.6 is 0 Å². The van der Waals surface area contributed by atoms with Gasteiger partial charge in [-0.05, 0) is 50.3 Å². The van der Waals surface area contributed by atoms with Crippen molar-refractivity contribution in [3.63, 3.8) is 0 Å². The van der Waals surface area contributed by atoms with Crippen LogP contribution < -0.4 is 10.2 Å². The molecule has 2 saturated heterocycles. The van der Waals surface area contributed by atoms with E-state index in [0.717, 1.165) is 49.7 Å². The first-order valence-electron chi connectivity index (χ1n) is 10.2. The number of morpholine rings is 1. The van der Waals surface area contributed by atoms with E-state index in [1.165, 1.54) is 0 Å². The molecule has 1 amide bonds. The largest absolute Gasteiger partial charge is 0.381 e. The number of nitrogens with one attached hydrogen (secondary N) is 2. The van der Waals surface area contributed by atoms with Crippen molar-refractivity contribution in [1.29, 1.82) is 0 Å². The lowest BCUT2D eigenvalue weighted by molar-refractivity contribution is 0.0845. The number of anilines is 1. The maximum absolute atomic E-state index is 12.5. The van der Waals surface area contributed by atoms with Gasteiger partial charge in [0, 0.05) is 26.0 Å². The molecule has 2 aliphatic rings. The van der Waals surface area contributed by atoms with E-state index in [-0.39, 0.29) is 18.0 Å². The summed E-state index contributed by atoms with van der Waals surface area (Å²) in [4.78, 5) is 14.7. The van der Waals surface area contributed by atoms with Gasteiger partial charge in [0.15, 0.2) is 5.82 Å². The maximum atomic E-state index is 12.5. The van der Waals surface area contributed by atoms with Crippen molar-refractivity contribution in [1.82, 2.24) is 25.7 Å². The number of ether oxygens (including phenoxy) is 2. The van der Waals surface area contributed by atoms with Crippen LogP contribution in [0, 0.1) is 0 Å². The summed E-state index contributed by atoms with van der Waals surface area (Å²) in [5.41, 5.74) is 2.39. The van der Waals surface area contributed by atoms with Crippen molar-refractivity contribution in [3.05, 3.63) is 35.3 Å². The minimum Gasteiger partial charge on any atom is -0.381 e. The van der Waals surface area contributed by atoms with Crippen LogP contribution in [0.15, 0.2) is 18.3 Å². The van der Waals surface area contributed by atoms with Gasteiger partial charge in [0.1, 0.15) is 5.69 Å². The van der Waals surface area contributed by atoms with Crippen LogP contribution in [0.3, 0.4) is 0 Å². The van der Waals surface area contributed by atoms with E-state index in [4.69, 9.17) is 9.47 Å². The zero-order valence-corrected chi connectivity index (χ0v) is 16.9. The molecule has 2 atom stereocenters. The van der Waals surface area contributed by atoms with Gasteiger partial charge in [0.2, 0.25) is 0 Å². The van der Waals surface area contributed by atoms with Gasteiger partial charge in [-0.1, -0.05) is 0 Å². The topological polar surface area (TPSA) is 105 Å². The minimum absolute atomic E-state index is 0.208. The number of carbonyl (C=O) groups excluding carboxylic acids is 1. The first-order chi connectivity index (χ1) is 14.1. The number of H-pyrrole nitrogens is 1. The number of hydrogen-bond donors (Lipinski definition) is 2. The lowest BCUT2D eigenvalue weighted by Gasteiger charge is -2.35. The van der Waals surface area contributed by atoms with Gasteiger partial charge in [-0.25, -0.2) is 0 Å². The predicted octanol–water partition coefficient (Wildman–Crippen LogP) is 1.81. The summed E-state index contributed by atoms with van der Waals surface area (Å²) in [6.45, 7) is 7.74. The van der Waals surface area contributed by atoms with Crippen LogP contribution in [0.4, 0.5) is 5.82 Å². The van der Waals surface area contributed by atoms with Gasteiger partial charge in [-0.3, -0.25) is 9.89 Å². The van der Waals surface area contributed by atoms with E-state index in [1.54, 1.807) is 12.3 Å². The molecule has 2 unspecified atom stereocenters. The van der Waals surface area contributed by atoms with E-state index >= 15 is 0 Å². The van der Waals surface area contributed by atoms with Gasteiger partial charge < -0.3 is 19.7 Å². The zero-order chi connectivity index (χ0) is 20.2. The van der Waals surface area contributed by atoms with Crippen LogP contribution in [-0.2, 0) is 9.47 Å². The van der Waals surface area contributed by atoms with Crippen LogP contribution in [0.1, 0.15) is 60.4 Å². The average Bonchev–Trinajstić information content (AvgIpc) is 3.29. The van der Waals surface area contributed by atoms with E-state index in [0.29, 0.717) is 24.8 Å². The highest BCUT2D eigenvalue weighted by molar-refractivity contribution is 5.92. The summed E-state index contributed by atoms with van der Waals surface area (Å²) >= 11 is 0. The molecule has 2 fully saturated rings. The van der Waals surface area contributed by atoms with E-state index in [9.17, 15) is 4.79 Å². The molecule has 29 heavy (non-hydrogen) atoms. The second kappa shape index (κ2) is 8.87. The Hall–Kier alpha value is -2.52. The van der Waals surface area contributed by atoms with Crippen molar-refractivity contribution >= 4 is 11.7 Å². The third-order valence-electron chi connectivity index (χ3n) is 5.67. The summed E-state index contributed by atoms with van der Waals surface area (Å²) in [5, 5.41) is 18.6. The molecule has 2 aromatic heterocycles. The molecule has 156 valence electrons. The molecule has 2 aromatic rings. The smallest absolute Gasteiger partial charge is 0.269 e. The van der Waals surface area contributed by atoms with Gasteiger partial charge >= 0.3 is 0 Å². The number of amides is 1. The van der Waals surface area contributed by atoms with Crippen molar-refractivity contribution in [2.45, 2.75) is 44.7 Å².